The average molecular weight is 253 g/mol. The first-order chi connectivity index (χ1) is 8.67. The van der Waals surface area contributed by atoms with Crippen LogP contribution in [0.1, 0.15) is 33.6 Å². The van der Waals surface area contributed by atoms with Gasteiger partial charge in [0.1, 0.15) is 6.33 Å². The molecule has 0 spiro atoms. The van der Waals surface area contributed by atoms with E-state index in [1.165, 1.54) is 6.33 Å². The smallest absolute Gasteiger partial charge is 0.205 e. The minimum Gasteiger partial charge on any atom is -0.490 e. The van der Waals surface area contributed by atoms with Crippen molar-refractivity contribution in [1.29, 1.82) is 0 Å². The van der Waals surface area contributed by atoms with E-state index < -0.39 is 0 Å². The van der Waals surface area contributed by atoms with Gasteiger partial charge >= 0.3 is 0 Å². The molecule has 0 bridgehead atoms. The fraction of sp³-hybridized carbons (Fsp3) is 0.667. The number of rotatable bonds is 7. The highest BCUT2D eigenvalue weighted by atomic mass is 16.5. The molecule has 1 unspecified atom stereocenters. The number of ether oxygens (including phenoxy) is 1. The van der Waals surface area contributed by atoms with Gasteiger partial charge < -0.3 is 15.5 Å². The second-order valence-electron chi connectivity index (χ2n) is 4.26. The van der Waals surface area contributed by atoms with Crippen LogP contribution in [0.4, 0.5) is 11.6 Å². The SMILES string of the molecule is CCC(CC)C(C)Nc1ncnc(NN)c1OC. The first-order valence-corrected chi connectivity index (χ1v) is 6.29. The molecule has 18 heavy (non-hydrogen) atoms. The lowest BCUT2D eigenvalue weighted by atomic mass is 9.95. The van der Waals surface area contributed by atoms with Gasteiger partial charge in [-0.15, -0.1) is 0 Å². The van der Waals surface area contributed by atoms with E-state index in [0.717, 1.165) is 12.8 Å². The van der Waals surface area contributed by atoms with E-state index in [9.17, 15) is 0 Å². The van der Waals surface area contributed by atoms with Gasteiger partial charge in [-0.05, 0) is 12.8 Å². The Labute approximate surface area is 108 Å². The zero-order chi connectivity index (χ0) is 13.5. The summed E-state index contributed by atoms with van der Waals surface area (Å²) in [5.74, 6) is 7.67. The van der Waals surface area contributed by atoms with Gasteiger partial charge in [0.25, 0.3) is 0 Å². The minimum atomic E-state index is 0.314. The van der Waals surface area contributed by atoms with Gasteiger partial charge in [-0.2, -0.15) is 0 Å². The molecule has 1 rings (SSSR count). The molecular formula is C12H23N5O. The topological polar surface area (TPSA) is 85.1 Å². The predicted octanol–water partition coefficient (Wildman–Crippen LogP) is 2.01. The van der Waals surface area contributed by atoms with Crippen LogP contribution in [0.5, 0.6) is 5.75 Å². The largest absolute Gasteiger partial charge is 0.490 e. The van der Waals surface area contributed by atoms with Crippen LogP contribution in [0, 0.1) is 5.92 Å². The lowest BCUT2D eigenvalue weighted by Gasteiger charge is -2.24. The third kappa shape index (κ3) is 3.22. The number of anilines is 2. The van der Waals surface area contributed by atoms with Gasteiger partial charge in [0.15, 0.2) is 11.6 Å². The summed E-state index contributed by atoms with van der Waals surface area (Å²) in [5, 5.41) is 3.37. The molecule has 0 saturated heterocycles. The third-order valence-electron chi connectivity index (χ3n) is 3.26. The van der Waals surface area contributed by atoms with Crippen molar-refractivity contribution in [2.45, 2.75) is 39.7 Å². The fourth-order valence-electron chi connectivity index (χ4n) is 2.10. The van der Waals surface area contributed by atoms with Crippen molar-refractivity contribution in [3.05, 3.63) is 6.33 Å². The van der Waals surface area contributed by atoms with Crippen molar-refractivity contribution in [3.63, 3.8) is 0 Å². The first-order valence-electron chi connectivity index (χ1n) is 6.29. The maximum atomic E-state index is 5.39. The summed E-state index contributed by atoms with van der Waals surface area (Å²) < 4.78 is 5.29. The fourth-order valence-corrected chi connectivity index (χ4v) is 2.10. The van der Waals surface area contributed by atoms with E-state index in [2.05, 4.69) is 41.5 Å². The van der Waals surface area contributed by atoms with E-state index in [0.29, 0.717) is 29.3 Å². The van der Waals surface area contributed by atoms with Crippen molar-refractivity contribution in [3.8, 4) is 5.75 Å². The van der Waals surface area contributed by atoms with E-state index in [1.54, 1.807) is 7.11 Å². The molecule has 1 aromatic rings. The van der Waals surface area contributed by atoms with Gasteiger partial charge in [-0.25, -0.2) is 15.8 Å². The summed E-state index contributed by atoms with van der Waals surface area (Å²) in [5.41, 5.74) is 2.50. The first kappa shape index (κ1) is 14.5. The molecule has 0 radical (unpaired) electrons. The number of methoxy groups -OCH3 is 1. The van der Waals surface area contributed by atoms with Crippen molar-refractivity contribution in [2.24, 2.45) is 11.8 Å². The summed E-state index contributed by atoms with van der Waals surface area (Å²) in [7, 11) is 1.58. The molecule has 0 aliphatic heterocycles. The Hall–Kier alpha value is -1.56. The Morgan fingerprint density at radius 2 is 1.89 bits per heavy atom. The zero-order valence-electron chi connectivity index (χ0n) is 11.5. The molecule has 0 aromatic carbocycles. The Bertz CT molecular complexity index is 367. The predicted molar refractivity (Wildman–Crippen MR) is 73.6 cm³/mol. The van der Waals surface area contributed by atoms with Gasteiger partial charge in [0.05, 0.1) is 7.11 Å². The van der Waals surface area contributed by atoms with Crippen molar-refractivity contribution in [2.75, 3.05) is 17.9 Å². The lowest BCUT2D eigenvalue weighted by molar-refractivity contribution is 0.408. The van der Waals surface area contributed by atoms with E-state index in [1.807, 2.05) is 0 Å². The number of nitrogens with one attached hydrogen (secondary N) is 2. The van der Waals surface area contributed by atoms with Crippen LogP contribution in [0.3, 0.4) is 0 Å². The Morgan fingerprint density at radius 1 is 1.28 bits per heavy atom. The molecule has 6 heteroatoms. The molecule has 6 nitrogen and oxygen atoms in total. The average Bonchev–Trinajstić information content (AvgIpc) is 2.39. The maximum absolute atomic E-state index is 5.39. The van der Waals surface area contributed by atoms with Crippen molar-refractivity contribution >= 4 is 11.6 Å². The summed E-state index contributed by atoms with van der Waals surface area (Å²) in [4.78, 5) is 8.22. The highest BCUT2D eigenvalue weighted by Gasteiger charge is 2.17. The Kier molecular flexibility index (Phi) is 5.64. The molecule has 102 valence electrons. The van der Waals surface area contributed by atoms with Gasteiger partial charge in [0, 0.05) is 6.04 Å². The standard InChI is InChI=1S/C12H23N5O/c1-5-9(6-2)8(3)16-11-10(18-4)12(17-13)15-7-14-11/h7-9H,5-6,13H2,1-4H3,(H2,14,15,16,17). The van der Waals surface area contributed by atoms with Gasteiger partial charge in [-0.1, -0.05) is 26.7 Å². The molecule has 0 aliphatic carbocycles. The second kappa shape index (κ2) is 7.00. The van der Waals surface area contributed by atoms with E-state index in [-0.39, 0.29) is 0 Å². The molecule has 0 fully saturated rings. The lowest BCUT2D eigenvalue weighted by Crippen LogP contribution is -2.26. The second-order valence-corrected chi connectivity index (χ2v) is 4.26. The van der Waals surface area contributed by atoms with Crippen LogP contribution in [0.25, 0.3) is 0 Å². The molecule has 0 aliphatic rings. The summed E-state index contributed by atoms with van der Waals surface area (Å²) >= 11 is 0. The normalized spacial score (nSPS) is 12.3. The van der Waals surface area contributed by atoms with Crippen molar-refractivity contribution in [1.82, 2.24) is 9.97 Å². The highest BCUT2D eigenvalue weighted by molar-refractivity contribution is 5.63. The van der Waals surface area contributed by atoms with Gasteiger partial charge in [-0.3, -0.25) is 0 Å². The number of hydrazine groups is 1. The number of nitrogens with two attached hydrogens (primary N) is 1. The molecule has 1 aromatic heterocycles. The van der Waals surface area contributed by atoms with Crippen LogP contribution in [0.15, 0.2) is 6.33 Å². The molecular weight excluding hydrogens is 230 g/mol. The Morgan fingerprint density at radius 3 is 2.39 bits per heavy atom. The van der Waals surface area contributed by atoms with Crippen LogP contribution >= 0.6 is 0 Å². The summed E-state index contributed by atoms with van der Waals surface area (Å²) in [6.07, 6.45) is 3.71. The summed E-state index contributed by atoms with van der Waals surface area (Å²) in [6.45, 7) is 6.53. The number of hydrogen-bond donors (Lipinski definition) is 3. The highest BCUT2D eigenvalue weighted by Crippen LogP contribution is 2.29. The van der Waals surface area contributed by atoms with Gasteiger partial charge in [0.2, 0.25) is 5.75 Å². The minimum absolute atomic E-state index is 0.314. The van der Waals surface area contributed by atoms with Crippen LogP contribution in [0.2, 0.25) is 0 Å². The Balaban J connectivity index is 2.89. The molecule has 1 heterocycles. The van der Waals surface area contributed by atoms with Crippen LogP contribution in [-0.2, 0) is 0 Å². The molecule has 4 N–H and O–H groups in total. The number of hydrogen-bond acceptors (Lipinski definition) is 6. The monoisotopic (exact) mass is 253 g/mol. The van der Waals surface area contributed by atoms with Crippen molar-refractivity contribution < 1.29 is 4.74 Å². The summed E-state index contributed by atoms with van der Waals surface area (Å²) in [6, 6.07) is 0.314. The zero-order valence-corrected chi connectivity index (χ0v) is 11.5. The van der Waals surface area contributed by atoms with E-state index in [4.69, 9.17) is 10.6 Å². The maximum Gasteiger partial charge on any atom is 0.205 e. The molecule has 0 amide bonds. The molecule has 1 atom stereocenters. The number of nitrogen functional groups attached to an aromatic ring is 1. The van der Waals surface area contributed by atoms with E-state index >= 15 is 0 Å². The number of nitrogens with zero attached hydrogens (tertiary/aromatic N) is 2. The number of aromatic nitrogens is 2. The third-order valence-corrected chi connectivity index (χ3v) is 3.26. The van der Waals surface area contributed by atoms with Crippen LogP contribution < -0.4 is 21.3 Å². The van der Waals surface area contributed by atoms with Crippen LogP contribution in [-0.4, -0.2) is 23.1 Å². The quantitative estimate of drug-likeness (QED) is 0.509. The molecule has 0 saturated carbocycles.